The van der Waals surface area contributed by atoms with Gasteiger partial charge in [-0.1, -0.05) is 11.6 Å². The van der Waals surface area contributed by atoms with Gasteiger partial charge in [-0.25, -0.2) is 4.99 Å². The van der Waals surface area contributed by atoms with Crippen molar-refractivity contribution in [2.45, 2.75) is 84.4 Å². The molecule has 0 saturated heterocycles. The van der Waals surface area contributed by atoms with E-state index in [4.69, 9.17) is 27.8 Å². The van der Waals surface area contributed by atoms with Gasteiger partial charge in [-0.3, -0.25) is 14.7 Å². The largest absolute Gasteiger partial charge is 0.487 e. The number of carbonyl (C=O) groups excluding carboxylic acids is 1. The van der Waals surface area contributed by atoms with Crippen LogP contribution in [0.4, 0.5) is 0 Å². The molecule has 1 aromatic rings. The number of methoxy groups -OCH3 is 1. The van der Waals surface area contributed by atoms with Crippen LogP contribution in [-0.4, -0.2) is 54.5 Å². The van der Waals surface area contributed by atoms with Gasteiger partial charge in [-0.2, -0.15) is 0 Å². The SMILES string of the molecule is C#C.CC1(C)CC(=O)N(CC2CC2)C(N)=N1.CCOC.Cc1cc2c(cc1Cl)C(N=CN)CC(C)(C)O2. The summed E-state index contributed by atoms with van der Waals surface area (Å²) in [5.41, 5.74) is 12.7. The Balaban J connectivity index is 0.000000309. The van der Waals surface area contributed by atoms with Crippen LogP contribution in [0.1, 0.15) is 77.5 Å². The Morgan fingerprint density at radius 2 is 1.89 bits per heavy atom. The number of hydrogen-bond donors (Lipinski definition) is 2. The summed E-state index contributed by atoms with van der Waals surface area (Å²) in [4.78, 5) is 22.0. The maximum absolute atomic E-state index is 11.7. The van der Waals surface area contributed by atoms with Crippen molar-refractivity contribution in [1.29, 1.82) is 0 Å². The van der Waals surface area contributed by atoms with Crippen molar-refractivity contribution in [3.05, 3.63) is 28.3 Å². The van der Waals surface area contributed by atoms with E-state index >= 15 is 0 Å². The second kappa shape index (κ2) is 14.3. The molecule has 0 bridgehead atoms. The lowest BCUT2D eigenvalue weighted by Crippen LogP contribution is -2.50. The van der Waals surface area contributed by atoms with Gasteiger partial charge in [0, 0.05) is 37.3 Å². The van der Waals surface area contributed by atoms with E-state index in [9.17, 15) is 4.79 Å². The molecule has 9 heteroatoms. The summed E-state index contributed by atoms with van der Waals surface area (Å²) in [6.07, 6.45) is 13.1. The van der Waals surface area contributed by atoms with E-state index in [0.29, 0.717) is 18.3 Å². The molecule has 1 saturated carbocycles. The normalized spacial score (nSPS) is 21.0. The van der Waals surface area contributed by atoms with Crippen LogP contribution in [0.3, 0.4) is 0 Å². The Morgan fingerprint density at radius 3 is 2.38 bits per heavy atom. The van der Waals surface area contributed by atoms with E-state index in [2.05, 4.69) is 41.4 Å². The first-order valence-corrected chi connectivity index (χ1v) is 12.9. The lowest BCUT2D eigenvalue weighted by Gasteiger charge is -2.36. The Hall–Kier alpha value is -2.76. The lowest BCUT2D eigenvalue weighted by atomic mass is 9.89. The van der Waals surface area contributed by atoms with Crippen molar-refractivity contribution < 1.29 is 14.3 Å². The third-order valence-corrected chi connectivity index (χ3v) is 6.40. The maximum atomic E-state index is 11.7. The van der Waals surface area contributed by atoms with Crippen molar-refractivity contribution in [3.63, 3.8) is 0 Å². The number of nitrogens with zero attached hydrogens (tertiary/aromatic N) is 3. The molecule has 3 aliphatic rings. The van der Waals surface area contributed by atoms with Gasteiger partial charge < -0.3 is 20.9 Å². The Bertz CT molecular complexity index is 982. The van der Waals surface area contributed by atoms with E-state index in [-0.39, 0.29) is 23.1 Å². The summed E-state index contributed by atoms with van der Waals surface area (Å²) in [5, 5.41) is 0.740. The molecule has 1 fully saturated rings. The van der Waals surface area contributed by atoms with Gasteiger partial charge in [0.25, 0.3) is 0 Å². The molecule has 0 spiro atoms. The fourth-order valence-corrected chi connectivity index (χ4v) is 4.10. The molecule has 37 heavy (non-hydrogen) atoms. The summed E-state index contributed by atoms with van der Waals surface area (Å²) in [7, 11) is 1.68. The zero-order chi connectivity index (χ0) is 28.4. The van der Waals surface area contributed by atoms with Gasteiger partial charge in [0.1, 0.15) is 11.4 Å². The van der Waals surface area contributed by atoms with Gasteiger partial charge in [0.05, 0.1) is 24.3 Å². The molecular formula is C28H44ClN5O3. The number of halogens is 1. The van der Waals surface area contributed by atoms with Gasteiger partial charge in [-0.15, -0.1) is 12.8 Å². The van der Waals surface area contributed by atoms with E-state index in [1.54, 1.807) is 12.0 Å². The quantitative estimate of drug-likeness (QED) is 0.325. The molecule has 0 aromatic heterocycles. The fraction of sp³-hybridized carbons (Fsp3) is 0.607. The molecule has 1 unspecified atom stereocenters. The third kappa shape index (κ3) is 10.3. The van der Waals surface area contributed by atoms with Crippen molar-refractivity contribution in [2.24, 2.45) is 27.4 Å². The van der Waals surface area contributed by atoms with Gasteiger partial charge in [0.2, 0.25) is 5.91 Å². The summed E-state index contributed by atoms with van der Waals surface area (Å²) < 4.78 is 10.5. The summed E-state index contributed by atoms with van der Waals surface area (Å²) in [5.74, 6) is 2.04. The van der Waals surface area contributed by atoms with E-state index in [0.717, 1.165) is 41.5 Å². The van der Waals surface area contributed by atoms with Crippen LogP contribution in [0, 0.1) is 25.7 Å². The van der Waals surface area contributed by atoms with E-state index in [1.807, 2.05) is 39.8 Å². The Morgan fingerprint density at radius 1 is 1.30 bits per heavy atom. The minimum Gasteiger partial charge on any atom is -0.487 e. The number of amides is 1. The first-order valence-electron chi connectivity index (χ1n) is 12.5. The van der Waals surface area contributed by atoms with Crippen LogP contribution in [0.15, 0.2) is 22.1 Å². The number of ether oxygens (including phenoxy) is 2. The molecule has 1 aliphatic carbocycles. The summed E-state index contributed by atoms with van der Waals surface area (Å²) in [6.45, 7) is 13.5. The molecule has 1 aromatic carbocycles. The number of carbonyl (C=O) groups is 1. The average Bonchev–Trinajstić information content (AvgIpc) is 3.63. The van der Waals surface area contributed by atoms with Crippen LogP contribution >= 0.6 is 11.6 Å². The second-order valence-corrected chi connectivity index (χ2v) is 10.9. The number of benzene rings is 1. The highest BCUT2D eigenvalue weighted by Gasteiger charge is 2.36. The second-order valence-electron chi connectivity index (χ2n) is 10.5. The highest BCUT2D eigenvalue weighted by Crippen LogP contribution is 2.43. The van der Waals surface area contributed by atoms with Crippen LogP contribution < -0.4 is 16.2 Å². The standard InChI is InChI=1S/C13H17ClN2O.C10H17N3O.C3H8O.C2H2/c1-8-4-12-9(5-10(8)14)11(16-7-15)6-13(2,3)17-12;1-10(2)5-8(14)13(9(11)12-10)6-7-3-4-7;1-3-4-2;1-2/h4-5,7,11H,6H2,1-3H3,(H2,15,16);7H,3-6H2,1-2H3,(H2,11,12);3H2,1-2H3;1-2H. The maximum Gasteiger partial charge on any atom is 0.231 e. The van der Waals surface area contributed by atoms with Crippen LogP contribution in [0.25, 0.3) is 0 Å². The topological polar surface area (TPSA) is 116 Å². The first-order chi connectivity index (χ1) is 17.3. The average molecular weight is 534 g/mol. The first kappa shape index (κ1) is 32.3. The number of rotatable bonds is 4. The monoisotopic (exact) mass is 533 g/mol. The van der Waals surface area contributed by atoms with Crippen molar-refractivity contribution in [2.75, 3.05) is 20.3 Å². The van der Waals surface area contributed by atoms with Gasteiger partial charge in [-0.05, 0) is 78.0 Å². The predicted molar refractivity (Wildman–Crippen MR) is 153 cm³/mol. The van der Waals surface area contributed by atoms with Crippen molar-refractivity contribution in [3.8, 4) is 18.6 Å². The highest BCUT2D eigenvalue weighted by atomic mass is 35.5. The molecule has 2 heterocycles. The number of aliphatic imine (C=N–C) groups is 2. The number of nitrogens with two attached hydrogens (primary N) is 2. The lowest BCUT2D eigenvalue weighted by molar-refractivity contribution is -0.129. The number of guanidine groups is 1. The van der Waals surface area contributed by atoms with Crippen LogP contribution in [0.5, 0.6) is 5.75 Å². The molecule has 0 radical (unpaired) electrons. The zero-order valence-electron chi connectivity index (χ0n) is 23.4. The van der Waals surface area contributed by atoms with Crippen molar-refractivity contribution >= 4 is 29.8 Å². The van der Waals surface area contributed by atoms with E-state index in [1.165, 1.54) is 19.2 Å². The van der Waals surface area contributed by atoms with Crippen LogP contribution in [0.2, 0.25) is 5.02 Å². The summed E-state index contributed by atoms with van der Waals surface area (Å²) >= 11 is 6.14. The van der Waals surface area contributed by atoms with Gasteiger partial charge in [0.15, 0.2) is 5.96 Å². The number of aryl methyl sites for hydroxylation is 1. The smallest absolute Gasteiger partial charge is 0.231 e. The number of hydrogen-bond acceptors (Lipinski definition) is 6. The molecular weight excluding hydrogens is 490 g/mol. The van der Waals surface area contributed by atoms with Crippen LogP contribution in [-0.2, 0) is 9.53 Å². The molecule has 2 aliphatic heterocycles. The summed E-state index contributed by atoms with van der Waals surface area (Å²) in [6, 6.07) is 3.92. The Kier molecular flexibility index (Phi) is 12.4. The Labute approximate surface area is 227 Å². The molecule has 8 nitrogen and oxygen atoms in total. The minimum atomic E-state index is -0.318. The molecule has 4 rings (SSSR count). The molecule has 4 N–H and O–H groups in total. The van der Waals surface area contributed by atoms with E-state index < -0.39 is 0 Å². The zero-order valence-corrected chi connectivity index (χ0v) is 24.1. The predicted octanol–water partition coefficient (Wildman–Crippen LogP) is 4.86. The molecule has 1 atom stereocenters. The fourth-order valence-electron chi connectivity index (χ4n) is 3.93. The highest BCUT2D eigenvalue weighted by molar-refractivity contribution is 6.31. The number of terminal acetylenes is 1. The molecule has 206 valence electrons. The van der Waals surface area contributed by atoms with Crippen molar-refractivity contribution in [1.82, 2.24) is 4.90 Å². The van der Waals surface area contributed by atoms with Gasteiger partial charge >= 0.3 is 0 Å². The third-order valence-electron chi connectivity index (χ3n) is 5.99. The number of fused-ring (bicyclic) bond motifs is 1. The minimum absolute atomic E-state index is 0.0249. The molecule has 1 amide bonds.